The predicted molar refractivity (Wildman–Crippen MR) is 80.5 cm³/mol. The molecule has 1 N–H and O–H groups in total. The molecule has 0 fully saturated rings. The van der Waals surface area contributed by atoms with Crippen molar-refractivity contribution < 1.29 is 0 Å². The van der Waals surface area contributed by atoms with Gasteiger partial charge in [-0.15, -0.1) is 11.3 Å². The van der Waals surface area contributed by atoms with Crippen LogP contribution in [0.25, 0.3) is 0 Å². The predicted octanol–water partition coefficient (Wildman–Crippen LogP) is 3.74. The summed E-state index contributed by atoms with van der Waals surface area (Å²) in [5.41, 5.74) is 4.30. The van der Waals surface area contributed by atoms with Crippen molar-refractivity contribution >= 4 is 11.3 Å². The molecule has 1 heterocycles. The molecular weight excluding hydrogens is 238 g/mol. The van der Waals surface area contributed by atoms with Gasteiger partial charge < -0.3 is 5.32 Å². The normalized spacial score (nSPS) is 12.6. The third-order valence-electron chi connectivity index (χ3n) is 3.53. The van der Waals surface area contributed by atoms with Gasteiger partial charge >= 0.3 is 0 Å². The quantitative estimate of drug-likeness (QED) is 0.862. The van der Waals surface area contributed by atoms with Crippen LogP contribution in [-0.2, 0) is 12.8 Å². The van der Waals surface area contributed by atoms with Crippen LogP contribution in [-0.4, -0.2) is 13.1 Å². The lowest BCUT2D eigenvalue weighted by Gasteiger charge is -2.18. The molecule has 96 valence electrons. The summed E-state index contributed by atoms with van der Waals surface area (Å²) in [7, 11) is 2.06. The summed E-state index contributed by atoms with van der Waals surface area (Å²) < 4.78 is 0. The molecule has 1 aromatic carbocycles. The van der Waals surface area contributed by atoms with Crippen LogP contribution in [0, 0.1) is 13.8 Å². The van der Waals surface area contributed by atoms with E-state index in [0.29, 0.717) is 6.04 Å². The Bertz CT molecular complexity index is 468. The molecule has 0 aliphatic heterocycles. The van der Waals surface area contributed by atoms with E-state index < -0.39 is 0 Å². The Labute approximate surface area is 114 Å². The van der Waals surface area contributed by atoms with Crippen LogP contribution in [0.3, 0.4) is 0 Å². The van der Waals surface area contributed by atoms with Crippen molar-refractivity contribution in [2.24, 2.45) is 0 Å². The van der Waals surface area contributed by atoms with Crippen molar-refractivity contribution in [2.75, 3.05) is 7.05 Å². The molecule has 1 unspecified atom stereocenters. The average molecular weight is 259 g/mol. The summed E-state index contributed by atoms with van der Waals surface area (Å²) >= 11 is 1.85. The summed E-state index contributed by atoms with van der Waals surface area (Å²) in [5.74, 6) is 0. The van der Waals surface area contributed by atoms with Crippen LogP contribution in [0.4, 0.5) is 0 Å². The van der Waals surface area contributed by atoms with Crippen molar-refractivity contribution in [2.45, 2.75) is 32.7 Å². The lowest BCUT2D eigenvalue weighted by atomic mass is 9.95. The zero-order valence-corrected chi connectivity index (χ0v) is 12.2. The molecule has 0 aliphatic carbocycles. The van der Waals surface area contributed by atoms with E-state index in [1.54, 1.807) is 0 Å². The van der Waals surface area contributed by atoms with Crippen molar-refractivity contribution in [3.63, 3.8) is 0 Å². The van der Waals surface area contributed by atoms with Gasteiger partial charge in [-0.25, -0.2) is 0 Å². The van der Waals surface area contributed by atoms with E-state index in [0.717, 1.165) is 12.8 Å². The Morgan fingerprint density at radius 1 is 1.06 bits per heavy atom. The summed E-state index contributed by atoms with van der Waals surface area (Å²) in [6, 6.07) is 11.4. The molecule has 0 aliphatic rings. The summed E-state index contributed by atoms with van der Waals surface area (Å²) in [5, 5.41) is 5.60. The first kappa shape index (κ1) is 13.3. The maximum Gasteiger partial charge on any atom is 0.0153 e. The van der Waals surface area contributed by atoms with Gasteiger partial charge in [0.15, 0.2) is 0 Å². The molecule has 0 saturated heterocycles. The number of rotatable bonds is 5. The van der Waals surface area contributed by atoms with Gasteiger partial charge in [-0.1, -0.05) is 24.3 Å². The number of likely N-dealkylation sites (N-methyl/N-ethyl adjacent to an activating group) is 1. The highest BCUT2D eigenvalue weighted by Crippen LogP contribution is 2.18. The van der Waals surface area contributed by atoms with E-state index in [2.05, 4.69) is 61.9 Å². The molecule has 2 rings (SSSR count). The summed E-state index contributed by atoms with van der Waals surface area (Å²) in [4.78, 5) is 1.46. The zero-order valence-electron chi connectivity index (χ0n) is 11.4. The van der Waals surface area contributed by atoms with Gasteiger partial charge in [0.1, 0.15) is 0 Å². The fourth-order valence-corrected chi connectivity index (χ4v) is 3.15. The maximum atomic E-state index is 3.45. The zero-order chi connectivity index (χ0) is 13.0. The van der Waals surface area contributed by atoms with E-state index >= 15 is 0 Å². The van der Waals surface area contributed by atoms with Gasteiger partial charge in [0.2, 0.25) is 0 Å². The molecule has 1 aromatic heterocycles. The summed E-state index contributed by atoms with van der Waals surface area (Å²) in [6.07, 6.45) is 2.22. The number of aryl methyl sites for hydroxylation is 2. The number of thiophene rings is 1. The second kappa shape index (κ2) is 6.17. The molecule has 0 radical (unpaired) electrons. The van der Waals surface area contributed by atoms with Crippen LogP contribution >= 0.6 is 11.3 Å². The number of benzene rings is 1. The first-order valence-electron chi connectivity index (χ1n) is 6.45. The first-order valence-corrected chi connectivity index (χ1v) is 7.33. The molecule has 0 saturated carbocycles. The van der Waals surface area contributed by atoms with E-state index in [1.807, 2.05) is 11.3 Å². The topological polar surface area (TPSA) is 12.0 Å². The number of hydrogen-bond donors (Lipinski definition) is 1. The van der Waals surface area contributed by atoms with E-state index in [-0.39, 0.29) is 0 Å². The third-order valence-corrected chi connectivity index (χ3v) is 4.43. The second-order valence-electron chi connectivity index (χ2n) is 4.84. The number of hydrogen-bond acceptors (Lipinski definition) is 2. The van der Waals surface area contributed by atoms with Gasteiger partial charge in [-0.3, -0.25) is 0 Å². The maximum absolute atomic E-state index is 3.45. The summed E-state index contributed by atoms with van der Waals surface area (Å²) in [6.45, 7) is 4.42. The minimum atomic E-state index is 0.517. The molecular formula is C16H21NS. The molecule has 0 bridgehead atoms. The lowest BCUT2D eigenvalue weighted by Crippen LogP contribution is -2.30. The van der Waals surface area contributed by atoms with Crippen LogP contribution in [0.2, 0.25) is 0 Å². The SMILES string of the molecule is CNC(Cc1cccs1)Cc1c(C)cccc1C. The minimum absolute atomic E-state index is 0.517. The van der Waals surface area contributed by atoms with Gasteiger partial charge in [-0.05, 0) is 61.9 Å². The fraction of sp³-hybridized carbons (Fsp3) is 0.375. The average Bonchev–Trinajstić information content (AvgIpc) is 2.85. The number of nitrogens with one attached hydrogen (secondary N) is 1. The highest BCUT2D eigenvalue weighted by Gasteiger charge is 2.12. The molecule has 0 spiro atoms. The van der Waals surface area contributed by atoms with Crippen molar-refractivity contribution in [3.8, 4) is 0 Å². The Balaban J connectivity index is 2.10. The van der Waals surface area contributed by atoms with Crippen molar-refractivity contribution in [1.29, 1.82) is 0 Å². The molecule has 18 heavy (non-hydrogen) atoms. The van der Waals surface area contributed by atoms with Crippen LogP contribution < -0.4 is 5.32 Å². The Morgan fingerprint density at radius 3 is 2.33 bits per heavy atom. The molecule has 1 nitrogen and oxygen atoms in total. The largest absolute Gasteiger partial charge is 0.316 e. The van der Waals surface area contributed by atoms with E-state index in [1.165, 1.54) is 21.6 Å². The Kier molecular flexibility index (Phi) is 4.56. The first-order chi connectivity index (χ1) is 8.70. The van der Waals surface area contributed by atoms with Gasteiger partial charge in [-0.2, -0.15) is 0 Å². The fourth-order valence-electron chi connectivity index (χ4n) is 2.37. The standard InChI is InChI=1S/C16H21NS/c1-12-6-4-7-13(2)16(12)11-14(17-3)10-15-8-5-9-18-15/h4-9,14,17H,10-11H2,1-3H3. The monoisotopic (exact) mass is 259 g/mol. The van der Waals surface area contributed by atoms with E-state index in [4.69, 9.17) is 0 Å². The smallest absolute Gasteiger partial charge is 0.0153 e. The second-order valence-corrected chi connectivity index (χ2v) is 5.88. The van der Waals surface area contributed by atoms with Crippen LogP contribution in [0.5, 0.6) is 0 Å². The van der Waals surface area contributed by atoms with Gasteiger partial charge in [0.05, 0.1) is 0 Å². The minimum Gasteiger partial charge on any atom is -0.316 e. The highest BCUT2D eigenvalue weighted by molar-refractivity contribution is 7.09. The molecule has 0 amide bonds. The van der Waals surface area contributed by atoms with Crippen molar-refractivity contribution in [3.05, 3.63) is 57.3 Å². The Morgan fingerprint density at radius 2 is 1.78 bits per heavy atom. The van der Waals surface area contributed by atoms with Crippen LogP contribution in [0.1, 0.15) is 21.6 Å². The molecule has 1 atom stereocenters. The van der Waals surface area contributed by atoms with Crippen molar-refractivity contribution in [1.82, 2.24) is 5.32 Å². The third kappa shape index (κ3) is 3.21. The molecule has 2 aromatic rings. The van der Waals surface area contributed by atoms with E-state index in [9.17, 15) is 0 Å². The lowest BCUT2D eigenvalue weighted by molar-refractivity contribution is 0.558. The van der Waals surface area contributed by atoms with Gasteiger partial charge in [0, 0.05) is 10.9 Å². The molecule has 2 heteroatoms. The Hall–Kier alpha value is -1.12. The highest BCUT2D eigenvalue weighted by atomic mass is 32.1. The van der Waals surface area contributed by atoms with Gasteiger partial charge in [0.25, 0.3) is 0 Å². The van der Waals surface area contributed by atoms with Crippen LogP contribution in [0.15, 0.2) is 35.7 Å².